The van der Waals surface area contributed by atoms with E-state index in [0.29, 0.717) is 40.1 Å². The fourth-order valence-corrected chi connectivity index (χ4v) is 4.18. The molecule has 2 fully saturated rings. The highest BCUT2D eigenvalue weighted by Gasteiger charge is 2.39. The van der Waals surface area contributed by atoms with E-state index >= 15 is 0 Å². The molecule has 31 heavy (non-hydrogen) atoms. The van der Waals surface area contributed by atoms with Crippen molar-refractivity contribution in [3.8, 4) is 11.3 Å². The number of piperidine rings is 1. The molecule has 0 saturated carbocycles. The molecular formula is C22H27ClFN5O2. The molecule has 0 unspecified atom stereocenters. The molecule has 0 amide bonds. The second kappa shape index (κ2) is 9.97. The number of alkyl halides is 1. The lowest BCUT2D eigenvalue weighted by molar-refractivity contribution is -0.131. The predicted molar refractivity (Wildman–Crippen MR) is 117 cm³/mol. The van der Waals surface area contributed by atoms with Crippen LogP contribution < -0.4 is 10.6 Å². The summed E-state index contributed by atoms with van der Waals surface area (Å²) in [6.07, 6.45) is 7.62. The number of carbonyl (C=O) groups excluding carboxylic acids is 1. The van der Waals surface area contributed by atoms with Gasteiger partial charge in [0.05, 0.1) is 29.5 Å². The number of nitrogens with one attached hydrogen (secondary N) is 2. The Hall–Kier alpha value is -2.16. The zero-order valence-corrected chi connectivity index (χ0v) is 18.1. The van der Waals surface area contributed by atoms with Crippen LogP contribution in [0.4, 0.5) is 10.2 Å². The second-order valence-corrected chi connectivity index (χ2v) is 8.63. The largest absolute Gasteiger partial charge is 0.381 e. The molecule has 2 aromatic heterocycles. The third kappa shape index (κ3) is 5.56. The van der Waals surface area contributed by atoms with Crippen molar-refractivity contribution in [2.24, 2.45) is 5.92 Å². The molecule has 0 aliphatic carbocycles. The van der Waals surface area contributed by atoms with Crippen molar-refractivity contribution in [2.45, 2.75) is 37.8 Å². The molecule has 0 radical (unpaired) electrons. The summed E-state index contributed by atoms with van der Waals surface area (Å²) in [7, 11) is 0. The minimum Gasteiger partial charge on any atom is -0.381 e. The third-order valence-corrected chi connectivity index (χ3v) is 6.21. The van der Waals surface area contributed by atoms with Crippen molar-refractivity contribution in [3.05, 3.63) is 35.4 Å². The Morgan fingerprint density at radius 2 is 2.16 bits per heavy atom. The number of carbonyl (C=O) groups is 1. The topological polar surface area (TPSA) is 89.0 Å². The summed E-state index contributed by atoms with van der Waals surface area (Å²) in [5.74, 6) is 0.743. The number of hydrogen-bond acceptors (Lipinski definition) is 7. The fourth-order valence-electron chi connectivity index (χ4n) is 3.98. The summed E-state index contributed by atoms with van der Waals surface area (Å²) in [5, 5.41) is 6.70. The summed E-state index contributed by atoms with van der Waals surface area (Å²) in [6, 6.07) is 1.70. The number of aromatic nitrogens is 3. The Morgan fingerprint density at radius 3 is 2.94 bits per heavy atom. The average Bonchev–Trinajstić information content (AvgIpc) is 2.80. The first kappa shape index (κ1) is 22.0. The van der Waals surface area contributed by atoms with Gasteiger partial charge in [0.2, 0.25) is 0 Å². The minimum absolute atomic E-state index is 0.0542. The summed E-state index contributed by atoms with van der Waals surface area (Å²) < 4.78 is 20.3. The van der Waals surface area contributed by atoms with Crippen LogP contribution in [-0.4, -0.2) is 59.3 Å². The van der Waals surface area contributed by atoms with E-state index in [0.717, 1.165) is 39.1 Å². The van der Waals surface area contributed by atoms with Gasteiger partial charge >= 0.3 is 0 Å². The summed E-state index contributed by atoms with van der Waals surface area (Å²) >= 11 is 6.36. The molecule has 4 rings (SSSR count). The van der Waals surface area contributed by atoms with E-state index in [1.807, 2.05) is 0 Å². The second-order valence-electron chi connectivity index (χ2n) is 8.23. The van der Waals surface area contributed by atoms with Gasteiger partial charge in [0.1, 0.15) is 5.82 Å². The van der Waals surface area contributed by atoms with E-state index in [4.69, 9.17) is 16.3 Å². The summed E-state index contributed by atoms with van der Waals surface area (Å²) in [6.45, 7) is 3.18. The van der Waals surface area contributed by atoms with E-state index in [2.05, 4.69) is 25.6 Å². The van der Waals surface area contributed by atoms with Crippen LogP contribution in [0, 0.1) is 5.92 Å². The summed E-state index contributed by atoms with van der Waals surface area (Å²) in [4.78, 5) is 25.7. The van der Waals surface area contributed by atoms with Crippen LogP contribution in [0.5, 0.6) is 0 Å². The monoisotopic (exact) mass is 447 g/mol. The molecule has 166 valence electrons. The van der Waals surface area contributed by atoms with Gasteiger partial charge < -0.3 is 15.4 Å². The molecule has 0 aromatic carbocycles. The van der Waals surface area contributed by atoms with E-state index in [9.17, 15) is 9.18 Å². The number of rotatable bonds is 7. The van der Waals surface area contributed by atoms with Gasteiger partial charge in [-0.1, -0.05) is 11.6 Å². The zero-order valence-electron chi connectivity index (χ0n) is 17.4. The quantitative estimate of drug-likeness (QED) is 0.673. The molecular weight excluding hydrogens is 421 g/mol. The first-order chi connectivity index (χ1) is 15.0. The SMILES string of the molecule is O=C(Cc1cc(-c2cncc(NCC3CCOCC3)n2)c(Cl)cn1)[C@]1(F)CCCNC1. The van der Waals surface area contributed by atoms with Crippen molar-refractivity contribution in [3.63, 3.8) is 0 Å². The lowest BCUT2D eigenvalue weighted by Crippen LogP contribution is -2.48. The van der Waals surface area contributed by atoms with E-state index < -0.39 is 11.5 Å². The van der Waals surface area contributed by atoms with Crippen molar-refractivity contribution < 1.29 is 13.9 Å². The van der Waals surface area contributed by atoms with Crippen LogP contribution >= 0.6 is 11.6 Å². The van der Waals surface area contributed by atoms with Crippen LogP contribution in [-0.2, 0) is 16.0 Å². The standard InChI is InChI=1S/C22H27ClFN5O2/c23-18-11-27-16(9-20(30)22(24)4-1-5-25-14-22)8-17(18)19-12-26-13-21(29-19)28-10-15-2-6-31-7-3-15/h8,11-13,15,25H,1-7,9-10,14H2,(H,28,29)/t22-/m0/s1. The smallest absolute Gasteiger partial charge is 0.181 e. The Balaban J connectivity index is 1.47. The van der Waals surface area contributed by atoms with E-state index in [1.165, 1.54) is 6.20 Å². The number of Topliss-reactive ketones (excluding diaryl/α,β-unsaturated/α-hetero) is 1. The Kier molecular flexibility index (Phi) is 7.09. The van der Waals surface area contributed by atoms with Crippen LogP contribution in [0.2, 0.25) is 5.02 Å². The van der Waals surface area contributed by atoms with Gasteiger partial charge in [-0.3, -0.25) is 14.8 Å². The molecule has 0 bridgehead atoms. The number of anilines is 1. The predicted octanol–water partition coefficient (Wildman–Crippen LogP) is 3.23. The highest BCUT2D eigenvalue weighted by atomic mass is 35.5. The van der Waals surface area contributed by atoms with Gasteiger partial charge in [0, 0.05) is 43.8 Å². The van der Waals surface area contributed by atoms with Crippen molar-refractivity contribution in [2.75, 3.05) is 38.2 Å². The van der Waals surface area contributed by atoms with Crippen LogP contribution in [0.1, 0.15) is 31.4 Å². The Morgan fingerprint density at radius 1 is 1.32 bits per heavy atom. The van der Waals surface area contributed by atoms with Crippen molar-refractivity contribution in [1.29, 1.82) is 0 Å². The fraction of sp³-hybridized carbons (Fsp3) is 0.545. The van der Waals surface area contributed by atoms with Gasteiger partial charge in [-0.2, -0.15) is 0 Å². The molecule has 2 aromatic rings. The highest BCUT2D eigenvalue weighted by molar-refractivity contribution is 6.33. The number of ether oxygens (including phenoxy) is 1. The number of ketones is 1. The van der Waals surface area contributed by atoms with Crippen molar-refractivity contribution >= 4 is 23.2 Å². The normalized spacial score (nSPS) is 22.3. The summed E-state index contributed by atoms with van der Waals surface area (Å²) in [5.41, 5.74) is -0.175. The van der Waals surface area contributed by atoms with Crippen molar-refractivity contribution in [1.82, 2.24) is 20.3 Å². The number of pyridine rings is 1. The Bertz CT molecular complexity index is 917. The van der Waals surface area contributed by atoms with Crippen LogP contribution in [0.3, 0.4) is 0 Å². The van der Waals surface area contributed by atoms with Gasteiger partial charge in [0.15, 0.2) is 11.5 Å². The van der Waals surface area contributed by atoms with Gasteiger partial charge in [-0.05, 0) is 44.2 Å². The van der Waals surface area contributed by atoms with E-state index in [1.54, 1.807) is 18.5 Å². The maximum absolute atomic E-state index is 14.9. The van der Waals surface area contributed by atoms with Crippen LogP contribution in [0.15, 0.2) is 24.7 Å². The minimum atomic E-state index is -1.84. The molecule has 0 spiro atoms. The van der Waals surface area contributed by atoms with Gasteiger partial charge in [-0.15, -0.1) is 0 Å². The molecule has 2 saturated heterocycles. The number of halogens is 2. The van der Waals surface area contributed by atoms with Gasteiger partial charge in [-0.25, -0.2) is 9.37 Å². The molecule has 4 heterocycles. The maximum Gasteiger partial charge on any atom is 0.181 e. The first-order valence-electron chi connectivity index (χ1n) is 10.7. The molecule has 7 nitrogen and oxygen atoms in total. The number of hydrogen-bond donors (Lipinski definition) is 2. The molecule has 1 atom stereocenters. The van der Waals surface area contributed by atoms with Gasteiger partial charge in [0.25, 0.3) is 0 Å². The highest BCUT2D eigenvalue weighted by Crippen LogP contribution is 2.29. The molecule has 2 aliphatic rings. The molecule has 2 N–H and O–H groups in total. The first-order valence-corrected chi connectivity index (χ1v) is 11.1. The zero-order chi connectivity index (χ0) is 21.7. The molecule has 2 aliphatic heterocycles. The lowest BCUT2D eigenvalue weighted by Gasteiger charge is -2.28. The molecule has 9 heteroatoms. The Labute approximate surface area is 186 Å². The lowest BCUT2D eigenvalue weighted by atomic mass is 9.89. The number of nitrogens with zero attached hydrogens (tertiary/aromatic N) is 3. The van der Waals surface area contributed by atoms with E-state index in [-0.39, 0.29) is 19.4 Å². The third-order valence-electron chi connectivity index (χ3n) is 5.91. The maximum atomic E-state index is 14.9. The average molecular weight is 448 g/mol. The van der Waals surface area contributed by atoms with Crippen LogP contribution in [0.25, 0.3) is 11.3 Å².